The summed E-state index contributed by atoms with van der Waals surface area (Å²) in [7, 11) is 0. The number of hydrogen-bond acceptors (Lipinski definition) is 3. The first-order chi connectivity index (χ1) is 12.0. The minimum Gasteiger partial charge on any atom is -0.376 e. The molecular weight excluding hydrogens is 323 g/mol. The summed E-state index contributed by atoms with van der Waals surface area (Å²) in [6.45, 7) is 3.49. The third kappa shape index (κ3) is 4.37. The van der Waals surface area contributed by atoms with Crippen molar-refractivity contribution in [3.05, 3.63) is 35.6 Å². The number of rotatable bonds is 4. The summed E-state index contributed by atoms with van der Waals surface area (Å²) in [5, 5.41) is 3.12. The highest BCUT2D eigenvalue weighted by Crippen LogP contribution is 2.28. The topological polar surface area (TPSA) is 58.6 Å². The van der Waals surface area contributed by atoms with E-state index in [2.05, 4.69) is 5.32 Å². The summed E-state index contributed by atoms with van der Waals surface area (Å²) in [4.78, 5) is 25.9. The Hall–Kier alpha value is -1.95. The highest BCUT2D eigenvalue weighted by Gasteiger charge is 2.32. The Morgan fingerprint density at radius 1 is 1.20 bits per heavy atom. The van der Waals surface area contributed by atoms with E-state index in [1.54, 1.807) is 24.0 Å². The SMILES string of the molecule is CC(=O)N1CCC(C(=O)NC(c2ccc(F)cc2)C2CCCO2)CC1. The van der Waals surface area contributed by atoms with Gasteiger partial charge < -0.3 is 15.0 Å². The number of hydrogen-bond donors (Lipinski definition) is 1. The van der Waals surface area contributed by atoms with Crippen LogP contribution in [0.2, 0.25) is 0 Å². The highest BCUT2D eigenvalue weighted by atomic mass is 19.1. The summed E-state index contributed by atoms with van der Waals surface area (Å²) in [5.41, 5.74) is 0.864. The van der Waals surface area contributed by atoms with Crippen molar-refractivity contribution in [2.75, 3.05) is 19.7 Å². The molecule has 1 N–H and O–H groups in total. The Kier molecular flexibility index (Phi) is 5.68. The van der Waals surface area contributed by atoms with Gasteiger partial charge >= 0.3 is 0 Å². The summed E-state index contributed by atoms with van der Waals surface area (Å²) >= 11 is 0. The van der Waals surface area contributed by atoms with E-state index in [1.165, 1.54) is 12.1 Å². The molecule has 136 valence electrons. The molecule has 2 heterocycles. The van der Waals surface area contributed by atoms with Crippen molar-refractivity contribution in [3.63, 3.8) is 0 Å². The number of benzene rings is 1. The largest absolute Gasteiger partial charge is 0.376 e. The smallest absolute Gasteiger partial charge is 0.223 e. The summed E-state index contributed by atoms with van der Waals surface area (Å²) in [6.07, 6.45) is 3.12. The van der Waals surface area contributed by atoms with Crippen LogP contribution in [0.25, 0.3) is 0 Å². The van der Waals surface area contributed by atoms with Crippen molar-refractivity contribution in [1.29, 1.82) is 0 Å². The molecule has 0 radical (unpaired) electrons. The Balaban J connectivity index is 1.66. The van der Waals surface area contributed by atoms with Crippen molar-refractivity contribution in [2.24, 2.45) is 5.92 Å². The van der Waals surface area contributed by atoms with Gasteiger partial charge in [0.05, 0.1) is 12.1 Å². The Morgan fingerprint density at radius 2 is 1.88 bits per heavy atom. The summed E-state index contributed by atoms with van der Waals surface area (Å²) < 4.78 is 19.0. The van der Waals surface area contributed by atoms with E-state index in [4.69, 9.17) is 4.74 Å². The van der Waals surface area contributed by atoms with Gasteiger partial charge in [0, 0.05) is 32.5 Å². The van der Waals surface area contributed by atoms with Gasteiger partial charge in [-0.1, -0.05) is 12.1 Å². The molecule has 0 spiro atoms. The van der Waals surface area contributed by atoms with E-state index in [0.717, 1.165) is 18.4 Å². The molecule has 25 heavy (non-hydrogen) atoms. The van der Waals surface area contributed by atoms with Gasteiger partial charge in [-0.3, -0.25) is 9.59 Å². The maximum absolute atomic E-state index is 13.2. The first-order valence-electron chi connectivity index (χ1n) is 8.97. The third-order valence-corrected chi connectivity index (χ3v) is 5.17. The van der Waals surface area contributed by atoms with Crippen molar-refractivity contribution in [3.8, 4) is 0 Å². The minimum absolute atomic E-state index is 0.00646. The Morgan fingerprint density at radius 3 is 2.44 bits per heavy atom. The minimum atomic E-state index is -0.294. The number of amides is 2. The molecule has 1 aromatic rings. The van der Waals surface area contributed by atoms with Crippen molar-refractivity contribution < 1.29 is 18.7 Å². The van der Waals surface area contributed by atoms with Crippen LogP contribution in [0.1, 0.15) is 44.2 Å². The van der Waals surface area contributed by atoms with E-state index in [1.807, 2.05) is 0 Å². The summed E-state index contributed by atoms with van der Waals surface area (Å²) in [6, 6.07) is 5.98. The number of halogens is 1. The molecule has 6 heteroatoms. The van der Waals surface area contributed by atoms with Gasteiger partial charge in [0.25, 0.3) is 0 Å². The van der Waals surface area contributed by atoms with Gasteiger partial charge in [-0.25, -0.2) is 4.39 Å². The van der Waals surface area contributed by atoms with Crippen molar-refractivity contribution in [1.82, 2.24) is 10.2 Å². The molecule has 2 aliphatic rings. The Labute approximate surface area is 147 Å². The third-order valence-electron chi connectivity index (χ3n) is 5.17. The molecule has 0 saturated carbocycles. The molecule has 1 aromatic carbocycles. The lowest BCUT2D eigenvalue weighted by Crippen LogP contribution is -2.44. The molecule has 2 atom stereocenters. The van der Waals surface area contributed by atoms with Crippen LogP contribution in [0.5, 0.6) is 0 Å². The van der Waals surface area contributed by atoms with Crippen molar-refractivity contribution in [2.45, 2.75) is 44.8 Å². The van der Waals surface area contributed by atoms with E-state index >= 15 is 0 Å². The monoisotopic (exact) mass is 348 g/mol. The maximum Gasteiger partial charge on any atom is 0.223 e. The fourth-order valence-electron chi connectivity index (χ4n) is 3.65. The molecule has 0 aromatic heterocycles. The number of carbonyl (C=O) groups excluding carboxylic acids is 2. The number of ether oxygens (including phenoxy) is 1. The standard InChI is InChI=1S/C19H25FN2O3/c1-13(23)22-10-8-15(9-11-22)19(24)21-18(17-3-2-12-25-17)14-4-6-16(20)7-5-14/h4-7,15,17-18H,2-3,8-12H2,1H3,(H,21,24). The zero-order chi connectivity index (χ0) is 17.8. The normalized spacial score (nSPS) is 22.6. The van der Waals surface area contributed by atoms with E-state index < -0.39 is 0 Å². The van der Waals surface area contributed by atoms with Gasteiger partial charge in [-0.2, -0.15) is 0 Å². The number of nitrogens with zero attached hydrogens (tertiary/aromatic N) is 1. The second-order valence-electron chi connectivity index (χ2n) is 6.87. The number of likely N-dealkylation sites (tertiary alicyclic amines) is 1. The second kappa shape index (κ2) is 7.95. The molecule has 2 amide bonds. The molecule has 2 fully saturated rings. The molecule has 2 aliphatic heterocycles. The first kappa shape index (κ1) is 17.9. The predicted octanol–water partition coefficient (Wildman–Crippen LogP) is 2.42. The fraction of sp³-hybridized carbons (Fsp3) is 0.579. The average molecular weight is 348 g/mol. The lowest BCUT2D eigenvalue weighted by Gasteiger charge is -2.32. The average Bonchev–Trinajstić information content (AvgIpc) is 3.15. The predicted molar refractivity (Wildman–Crippen MR) is 91.2 cm³/mol. The fourth-order valence-corrected chi connectivity index (χ4v) is 3.65. The van der Waals surface area contributed by atoms with Crippen LogP contribution in [0.4, 0.5) is 4.39 Å². The number of piperidine rings is 1. The zero-order valence-electron chi connectivity index (χ0n) is 14.5. The van der Waals surface area contributed by atoms with Crippen LogP contribution in [0, 0.1) is 11.7 Å². The van der Waals surface area contributed by atoms with Crippen LogP contribution < -0.4 is 5.32 Å². The van der Waals surface area contributed by atoms with E-state index in [9.17, 15) is 14.0 Å². The quantitative estimate of drug-likeness (QED) is 0.909. The maximum atomic E-state index is 13.2. The molecule has 5 nitrogen and oxygen atoms in total. The Bertz CT molecular complexity index is 606. The molecule has 0 bridgehead atoms. The van der Waals surface area contributed by atoms with Crippen LogP contribution in [0.3, 0.4) is 0 Å². The van der Waals surface area contributed by atoms with Gasteiger partial charge in [-0.15, -0.1) is 0 Å². The van der Waals surface area contributed by atoms with Crippen LogP contribution in [-0.4, -0.2) is 42.5 Å². The van der Waals surface area contributed by atoms with Gasteiger partial charge in [0.1, 0.15) is 5.82 Å². The second-order valence-corrected chi connectivity index (χ2v) is 6.87. The lowest BCUT2D eigenvalue weighted by molar-refractivity contribution is -0.134. The molecule has 3 rings (SSSR count). The van der Waals surface area contributed by atoms with E-state index in [0.29, 0.717) is 32.5 Å². The molecule has 2 unspecified atom stereocenters. The van der Waals surface area contributed by atoms with Crippen LogP contribution in [-0.2, 0) is 14.3 Å². The van der Waals surface area contributed by atoms with E-state index in [-0.39, 0.29) is 35.7 Å². The van der Waals surface area contributed by atoms with Gasteiger partial charge in [0.15, 0.2) is 0 Å². The van der Waals surface area contributed by atoms with Gasteiger partial charge in [0.2, 0.25) is 11.8 Å². The summed E-state index contributed by atoms with van der Waals surface area (Å²) in [5.74, 6) is -0.340. The molecule has 0 aliphatic carbocycles. The number of nitrogens with one attached hydrogen (secondary N) is 1. The van der Waals surface area contributed by atoms with Crippen molar-refractivity contribution >= 4 is 11.8 Å². The highest BCUT2D eigenvalue weighted by molar-refractivity contribution is 5.80. The first-order valence-corrected chi connectivity index (χ1v) is 8.97. The van der Waals surface area contributed by atoms with Crippen LogP contribution >= 0.6 is 0 Å². The van der Waals surface area contributed by atoms with Gasteiger partial charge in [-0.05, 0) is 43.4 Å². The molecular formula is C19H25FN2O3. The molecule has 2 saturated heterocycles. The zero-order valence-corrected chi connectivity index (χ0v) is 14.5. The lowest BCUT2D eigenvalue weighted by atomic mass is 9.93. The van der Waals surface area contributed by atoms with Crippen LogP contribution in [0.15, 0.2) is 24.3 Å². The number of carbonyl (C=O) groups is 2.